The van der Waals surface area contributed by atoms with Gasteiger partial charge in [-0.2, -0.15) is 0 Å². The SMILES string of the molecule is CC(=O)Nc1ccccc1-c1ccc(C(=O)N[C@H]2CN3CCC2CC3)n1C. The molecule has 3 aliphatic rings. The zero-order valence-electron chi connectivity index (χ0n) is 15.9. The Kier molecular flexibility index (Phi) is 4.74. The summed E-state index contributed by atoms with van der Waals surface area (Å²) >= 11 is 0. The van der Waals surface area contributed by atoms with E-state index in [2.05, 4.69) is 15.5 Å². The number of anilines is 1. The lowest BCUT2D eigenvalue weighted by molar-refractivity contribution is -0.114. The van der Waals surface area contributed by atoms with Gasteiger partial charge < -0.3 is 20.1 Å². The Labute approximate surface area is 159 Å². The van der Waals surface area contributed by atoms with Gasteiger partial charge >= 0.3 is 0 Å². The van der Waals surface area contributed by atoms with Gasteiger partial charge in [0.15, 0.2) is 0 Å². The molecule has 6 nitrogen and oxygen atoms in total. The molecule has 3 fully saturated rings. The molecule has 1 atom stereocenters. The average Bonchev–Trinajstić information content (AvgIpc) is 3.04. The Bertz CT molecular complexity index is 865. The van der Waals surface area contributed by atoms with Crippen molar-refractivity contribution in [2.24, 2.45) is 13.0 Å². The van der Waals surface area contributed by atoms with Crippen LogP contribution in [0.5, 0.6) is 0 Å². The van der Waals surface area contributed by atoms with Crippen LogP contribution in [0.25, 0.3) is 11.3 Å². The molecule has 2 amide bonds. The van der Waals surface area contributed by atoms with Gasteiger partial charge in [-0.1, -0.05) is 18.2 Å². The van der Waals surface area contributed by atoms with Crippen LogP contribution in [0.2, 0.25) is 0 Å². The minimum absolute atomic E-state index is 0.0282. The predicted octanol–water partition coefficient (Wildman–Crippen LogP) is 2.47. The minimum atomic E-state index is -0.114. The Balaban J connectivity index is 1.56. The summed E-state index contributed by atoms with van der Waals surface area (Å²) in [4.78, 5) is 26.8. The van der Waals surface area contributed by atoms with Crippen LogP contribution in [0.4, 0.5) is 5.69 Å². The van der Waals surface area contributed by atoms with Crippen molar-refractivity contribution >= 4 is 17.5 Å². The Morgan fingerprint density at radius 2 is 1.81 bits per heavy atom. The summed E-state index contributed by atoms with van der Waals surface area (Å²) in [5.41, 5.74) is 3.19. The smallest absolute Gasteiger partial charge is 0.268 e. The first kappa shape index (κ1) is 17.8. The van der Waals surface area contributed by atoms with Crippen LogP contribution < -0.4 is 10.6 Å². The highest BCUT2D eigenvalue weighted by atomic mass is 16.2. The molecule has 2 bridgehead atoms. The molecule has 27 heavy (non-hydrogen) atoms. The first-order chi connectivity index (χ1) is 13.0. The average molecular weight is 366 g/mol. The van der Waals surface area contributed by atoms with Crippen molar-refractivity contribution in [1.82, 2.24) is 14.8 Å². The molecule has 1 aromatic heterocycles. The molecule has 6 heteroatoms. The maximum absolute atomic E-state index is 12.9. The van der Waals surface area contributed by atoms with Gasteiger partial charge in [0.1, 0.15) is 5.69 Å². The number of nitrogens with one attached hydrogen (secondary N) is 2. The minimum Gasteiger partial charge on any atom is -0.346 e. The number of fused-ring (bicyclic) bond motifs is 3. The molecule has 5 rings (SSSR count). The highest BCUT2D eigenvalue weighted by Crippen LogP contribution is 2.30. The lowest BCUT2D eigenvalue weighted by Crippen LogP contribution is -2.57. The lowest BCUT2D eigenvalue weighted by Gasteiger charge is -2.44. The molecule has 0 spiro atoms. The van der Waals surface area contributed by atoms with Gasteiger partial charge in [0.05, 0.1) is 11.4 Å². The second-order valence-corrected chi connectivity index (χ2v) is 7.61. The van der Waals surface area contributed by atoms with Crippen LogP contribution in [0.15, 0.2) is 36.4 Å². The first-order valence-electron chi connectivity index (χ1n) is 9.59. The Morgan fingerprint density at radius 1 is 1.07 bits per heavy atom. The molecular formula is C21H26N4O2. The molecule has 0 aliphatic carbocycles. The number of rotatable bonds is 4. The van der Waals surface area contributed by atoms with E-state index in [-0.39, 0.29) is 17.9 Å². The van der Waals surface area contributed by atoms with Crippen LogP contribution in [0, 0.1) is 5.92 Å². The number of benzene rings is 1. The third-order valence-corrected chi connectivity index (χ3v) is 5.84. The van der Waals surface area contributed by atoms with Gasteiger partial charge in [-0.25, -0.2) is 0 Å². The number of hydrogen-bond donors (Lipinski definition) is 2. The lowest BCUT2D eigenvalue weighted by atomic mass is 9.84. The Hall–Kier alpha value is -2.60. The number of para-hydroxylation sites is 1. The van der Waals surface area contributed by atoms with Gasteiger partial charge in [-0.15, -0.1) is 0 Å². The third kappa shape index (κ3) is 3.49. The molecule has 2 aromatic rings. The molecule has 0 unspecified atom stereocenters. The number of piperidine rings is 3. The standard InChI is InChI=1S/C21H26N4O2/c1-14(26)22-17-6-4-3-5-16(17)19-7-8-20(24(19)2)21(27)23-18-13-25-11-9-15(18)10-12-25/h3-8,15,18H,9-13H2,1-2H3,(H,22,26)(H,23,27)/t18-/m0/s1. The van der Waals surface area contributed by atoms with Gasteiger partial charge in [-0.05, 0) is 50.0 Å². The summed E-state index contributed by atoms with van der Waals surface area (Å²) in [5.74, 6) is 0.454. The van der Waals surface area contributed by atoms with Gasteiger partial charge in [0, 0.05) is 32.1 Å². The zero-order chi connectivity index (χ0) is 19.0. The number of hydrogen-bond acceptors (Lipinski definition) is 3. The largest absolute Gasteiger partial charge is 0.346 e. The summed E-state index contributed by atoms with van der Waals surface area (Å²) in [6.45, 7) is 4.77. The van der Waals surface area contributed by atoms with E-state index in [9.17, 15) is 9.59 Å². The van der Waals surface area contributed by atoms with E-state index in [0.717, 1.165) is 36.6 Å². The maximum Gasteiger partial charge on any atom is 0.268 e. The number of carbonyl (C=O) groups excluding carboxylic acids is 2. The monoisotopic (exact) mass is 366 g/mol. The third-order valence-electron chi connectivity index (χ3n) is 5.84. The van der Waals surface area contributed by atoms with Crippen LogP contribution in [-0.2, 0) is 11.8 Å². The van der Waals surface area contributed by atoms with Crippen LogP contribution in [0.3, 0.4) is 0 Å². The topological polar surface area (TPSA) is 66.4 Å². The zero-order valence-corrected chi connectivity index (χ0v) is 15.9. The van der Waals surface area contributed by atoms with E-state index in [1.165, 1.54) is 19.8 Å². The van der Waals surface area contributed by atoms with Crippen molar-refractivity contribution in [2.45, 2.75) is 25.8 Å². The fourth-order valence-corrected chi connectivity index (χ4v) is 4.39. The summed E-state index contributed by atoms with van der Waals surface area (Å²) in [5, 5.41) is 6.11. The molecule has 1 aromatic carbocycles. The highest BCUT2D eigenvalue weighted by molar-refractivity contribution is 5.96. The van der Waals surface area contributed by atoms with Crippen molar-refractivity contribution in [3.8, 4) is 11.3 Å². The van der Waals surface area contributed by atoms with Gasteiger partial charge in [0.25, 0.3) is 5.91 Å². The second-order valence-electron chi connectivity index (χ2n) is 7.61. The molecule has 0 saturated carbocycles. The number of aromatic nitrogens is 1. The molecule has 3 aliphatic heterocycles. The second kappa shape index (κ2) is 7.19. The van der Waals surface area contributed by atoms with Crippen molar-refractivity contribution in [3.05, 3.63) is 42.1 Å². The van der Waals surface area contributed by atoms with Crippen molar-refractivity contribution in [2.75, 3.05) is 25.0 Å². The van der Waals surface area contributed by atoms with Crippen molar-refractivity contribution < 1.29 is 9.59 Å². The van der Waals surface area contributed by atoms with Gasteiger partial charge in [-0.3, -0.25) is 9.59 Å². The maximum atomic E-state index is 12.9. The van der Waals surface area contributed by atoms with Crippen molar-refractivity contribution in [3.63, 3.8) is 0 Å². The predicted molar refractivity (Wildman–Crippen MR) is 106 cm³/mol. The van der Waals surface area contributed by atoms with E-state index < -0.39 is 0 Å². The van der Waals surface area contributed by atoms with Crippen LogP contribution in [-0.4, -0.2) is 47.0 Å². The number of nitrogens with zero attached hydrogens (tertiary/aromatic N) is 2. The summed E-state index contributed by atoms with van der Waals surface area (Å²) in [6.07, 6.45) is 2.35. The number of carbonyl (C=O) groups is 2. The van der Waals surface area contributed by atoms with E-state index in [0.29, 0.717) is 11.6 Å². The molecular weight excluding hydrogens is 340 g/mol. The normalized spacial score (nSPS) is 23.9. The van der Waals surface area contributed by atoms with E-state index >= 15 is 0 Å². The van der Waals surface area contributed by atoms with Crippen LogP contribution in [0.1, 0.15) is 30.3 Å². The quantitative estimate of drug-likeness (QED) is 0.874. The fourth-order valence-electron chi connectivity index (χ4n) is 4.39. The van der Waals surface area contributed by atoms with Crippen LogP contribution >= 0.6 is 0 Å². The highest BCUT2D eigenvalue weighted by Gasteiger charge is 2.35. The molecule has 2 N–H and O–H groups in total. The van der Waals surface area contributed by atoms with E-state index in [4.69, 9.17) is 0 Å². The number of amides is 2. The van der Waals surface area contributed by atoms with E-state index in [1.54, 1.807) is 0 Å². The summed E-state index contributed by atoms with van der Waals surface area (Å²) < 4.78 is 1.90. The van der Waals surface area contributed by atoms with E-state index in [1.807, 2.05) is 48.0 Å². The molecule has 142 valence electrons. The van der Waals surface area contributed by atoms with Gasteiger partial charge in [0.2, 0.25) is 5.91 Å². The Morgan fingerprint density at radius 3 is 2.48 bits per heavy atom. The summed E-state index contributed by atoms with van der Waals surface area (Å²) in [7, 11) is 1.89. The summed E-state index contributed by atoms with van der Waals surface area (Å²) in [6, 6.07) is 11.7. The van der Waals surface area contributed by atoms with Crippen molar-refractivity contribution in [1.29, 1.82) is 0 Å². The fraction of sp³-hybridized carbons (Fsp3) is 0.429. The molecule has 4 heterocycles. The molecule has 0 radical (unpaired) electrons. The first-order valence-corrected chi connectivity index (χ1v) is 9.59. The molecule has 3 saturated heterocycles.